The van der Waals surface area contributed by atoms with Crippen molar-refractivity contribution in [2.45, 2.75) is 51.5 Å². The zero-order valence-electron chi connectivity index (χ0n) is 12.8. The third-order valence-corrected chi connectivity index (χ3v) is 2.93. The number of aliphatic carboxylic acids is 1. The summed E-state index contributed by atoms with van der Waals surface area (Å²) >= 11 is 0. The highest BCUT2D eigenvalue weighted by Gasteiger charge is 2.18. The molecule has 122 valence electrons. The van der Waals surface area contributed by atoms with Crippen LogP contribution in [0.2, 0.25) is 0 Å². The van der Waals surface area contributed by atoms with Crippen LogP contribution in [0.1, 0.15) is 45.4 Å². The first-order valence-corrected chi connectivity index (χ1v) is 7.23. The van der Waals surface area contributed by atoms with E-state index in [1.807, 2.05) is 0 Å². The predicted molar refractivity (Wildman–Crippen MR) is 77.8 cm³/mol. The lowest BCUT2D eigenvalue weighted by molar-refractivity contribution is -0.142. The fourth-order valence-electron chi connectivity index (χ4n) is 1.81. The van der Waals surface area contributed by atoms with Crippen LogP contribution >= 0.6 is 0 Å². The number of carbonyl (C=O) groups excluding carboxylic acids is 2. The van der Waals surface area contributed by atoms with E-state index in [1.165, 1.54) is 6.92 Å². The first-order valence-electron chi connectivity index (χ1n) is 7.23. The number of rotatable bonds is 12. The highest BCUT2D eigenvalue weighted by atomic mass is 16.5. The zero-order chi connectivity index (χ0) is 16.1. The molecule has 0 aliphatic rings. The maximum Gasteiger partial charge on any atom is 0.326 e. The van der Waals surface area contributed by atoms with Gasteiger partial charge in [-0.2, -0.15) is 0 Å². The SMILES string of the molecule is COCCCC(NC(=O)CCCCCNC(C)=O)C(=O)O. The molecule has 0 saturated heterocycles. The molecule has 2 amide bonds. The van der Waals surface area contributed by atoms with Gasteiger partial charge in [-0.15, -0.1) is 0 Å². The van der Waals surface area contributed by atoms with Gasteiger partial charge in [-0.25, -0.2) is 4.79 Å². The van der Waals surface area contributed by atoms with Gasteiger partial charge in [0, 0.05) is 33.6 Å². The minimum atomic E-state index is -1.02. The average molecular weight is 302 g/mol. The number of methoxy groups -OCH3 is 1. The van der Waals surface area contributed by atoms with Crippen molar-refractivity contribution in [3.8, 4) is 0 Å². The number of carbonyl (C=O) groups is 3. The quantitative estimate of drug-likeness (QED) is 0.460. The molecule has 0 aromatic heterocycles. The number of unbranched alkanes of at least 4 members (excludes halogenated alkanes) is 2. The van der Waals surface area contributed by atoms with Crippen LogP contribution in [0.25, 0.3) is 0 Å². The van der Waals surface area contributed by atoms with Crippen LogP contribution in [0.4, 0.5) is 0 Å². The molecule has 1 unspecified atom stereocenters. The van der Waals surface area contributed by atoms with E-state index in [4.69, 9.17) is 9.84 Å². The number of ether oxygens (including phenoxy) is 1. The van der Waals surface area contributed by atoms with E-state index < -0.39 is 12.0 Å². The number of hydrogen-bond donors (Lipinski definition) is 3. The molecule has 21 heavy (non-hydrogen) atoms. The molecule has 0 heterocycles. The van der Waals surface area contributed by atoms with Gasteiger partial charge in [0.25, 0.3) is 0 Å². The highest BCUT2D eigenvalue weighted by molar-refractivity contribution is 5.83. The van der Waals surface area contributed by atoms with Crippen LogP contribution in [-0.4, -0.2) is 49.2 Å². The summed E-state index contributed by atoms with van der Waals surface area (Å²) in [6.45, 7) is 2.54. The second kappa shape index (κ2) is 12.1. The van der Waals surface area contributed by atoms with E-state index >= 15 is 0 Å². The Bertz CT molecular complexity index is 333. The summed E-state index contributed by atoms with van der Waals surface area (Å²) in [5, 5.41) is 14.2. The molecule has 7 nitrogen and oxygen atoms in total. The summed E-state index contributed by atoms with van der Waals surface area (Å²) < 4.78 is 4.86. The Morgan fingerprint density at radius 2 is 1.86 bits per heavy atom. The van der Waals surface area contributed by atoms with Gasteiger partial charge in [-0.05, 0) is 25.7 Å². The molecule has 0 aromatic carbocycles. The lowest BCUT2D eigenvalue weighted by Gasteiger charge is -2.14. The maximum atomic E-state index is 11.7. The molecular formula is C14H26N2O5. The van der Waals surface area contributed by atoms with Crippen molar-refractivity contribution >= 4 is 17.8 Å². The molecule has 3 N–H and O–H groups in total. The van der Waals surface area contributed by atoms with E-state index in [2.05, 4.69) is 10.6 Å². The van der Waals surface area contributed by atoms with Crippen molar-refractivity contribution in [1.29, 1.82) is 0 Å². The van der Waals surface area contributed by atoms with Gasteiger partial charge < -0.3 is 20.5 Å². The van der Waals surface area contributed by atoms with Crippen LogP contribution in [-0.2, 0) is 19.1 Å². The largest absolute Gasteiger partial charge is 0.480 e. The van der Waals surface area contributed by atoms with Crippen molar-refractivity contribution in [1.82, 2.24) is 10.6 Å². The van der Waals surface area contributed by atoms with E-state index in [1.54, 1.807) is 7.11 Å². The average Bonchev–Trinajstić information content (AvgIpc) is 2.41. The van der Waals surface area contributed by atoms with Gasteiger partial charge in [0.1, 0.15) is 6.04 Å². The monoisotopic (exact) mass is 302 g/mol. The Morgan fingerprint density at radius 3 is 2.43 bits per heavy atom. The van der Waals surface area contributed by atoms with Crippen molar-refractivity contribution in [3.63, 3.8) is 0 Å². The lowest BCUT2D eigenvalue weighted by Crippen LogP contribution is -2.40. The molecule has 0 rings (SSSR count). The molecule has 0 saturated carbocycles. The van der Waals surface area contributed by atoms with Crippen LogP contribution in [0, 0.1) is 0 Å². The van der Waals surface area contributed by atoms with Crippen LogP contribution in [0.15, 0.2) is 0 Å². The maximum absolute atomic E-state index is 11.7. The van der Waals surface area contributed by atoms with E-state index in [0.29, 0.717) is 38.8 Å². The van der Waals surface area contributed by atoms with Gasteiger partial charge in [-0.1, -0.05) is 6.42 Å². The van der Waals surface area contributed by atoms with Crippen LogP contribution in [0.5, 0.6) is 0 Å². The molecule has 0 aromatic rings. The molecule has 0 aliphatic heterocycles. The summed E-state index contributed by atoms with van der Waals surface area (Å²) in [6.07, 6.45) is 3.55. The standard InChI is InChI=1S/C14H26N2O5/c1-11(17)15-9-5-3-4-8-13(18)16-12(14(19)20)7-6-10-21-2/h12H,3-10H2,1-2H3,(H,15,17)(H,16,18)(H,19,20). The normalized spacial score (nSPS) is 11.7. The Balaban J connectivity index is 3.77. The summed E-state index contributed by atoms with van der Waals surface area (Å²) in [5.41, 5.74) is 0. The summed E-state index contributed by atoms with van der Waals surface area (Å²) in [6, 6.07) is -0.855. The van der Waals surface area contributed by atoms with Crippen molar-refractivity contribution in [3.05, 3.63) is 0 Å². The van der Waals surface area contributed by atoms with Crippen LogP contribution in [0.3, 0.4) is 0 Å². The molecule has 0 bridgehead atoms. The Labute approximate surface area is 125 Å². The zero-order valence-corrected chi connectivity index (χ0v) is 12.8. The molecule has 0 radical (unpaired) electrons. The molecule has 0 fully saturated rings. The number of amides is 2. The van der Waals surface area contributed by atoms with Gasteiger partial charge >= 0.3 is 5.97 Å². The van der Waals surface area contributed by atoms with E-state index in [-0.39, 0.29) is 11.8 Å². The smallest absolute Gasteiger partial charge is 0.326 e. The third kappa shape index (κ3) is 11.9. The third-order valence-electron chi connectivity index (χ3n) is 2.93. The minimum Gasteiger partial charge on any atom is -0.480 e. The molecule has 0 aliphatic carbocycles. The van der Waals surface area contributed by atoms with Gasteiger partial charge in [0.15, 0.2) is 0 Å². The van der Waals surface area contributed by atoms with Gasteiger partial charge in [-0.3, -0.25) is 9.59 Å². The van der Waals surface area contributed by atoms with Crippen molar-refractivity contribution < 1.29 is 24.2 Å². The van der Waals surface area contributed by atoms with E-state index in [9.17, 15) is 14.4 Å². The number of hydrogen-bond acceptors (Lipinski definition) is 4. The van der Waals surface area contributed by atoms with Crippen LogP contribution < -0.4 is 10.6 Å². The van der Waals surface area contributed by atoms with E-state index in [0.717, 1.165) is 12.8 Å². The topological polar surface area (TPSA) is 105 Å². The van der Waals surface area contributed by atoms with Gasteiger partial charge in [0.2, 0.25) is 11.8 Å². The van der Waals surface area contributed by atoms with Crippen molar-refractivity contribution in [2.75, 3.05) is 20.3 Å². The number of carboxylic acids is 1. The summed E-state index contributed by atoms with van der Waals surface area (Å²) in [5.74, 6) is -1.34. The Kier molecular flexibility index (Phi) is 11.2. The second-order valence-corrected chi connectivity index (χ2v) is 4.89. The Hall–Kier alpha value is -1.63. The fourth-order valence-corrected chi connectivity index (χ4v) is 1.81. The van der Waals surface area contributed by atoms with Gasteiger partial charge in [0.05, 0.1) is 0 Å². The predicted octanol–water partition coefficient (Wildman–Crippen LogP) is 0.679. The molecular weight excluding hydrogens is 276 g/mol. The first kappa shape index (κ1) is 19.4. The number of carboxylic acid groups (broad SMARTS) is 1. The lowest BCUT2D eigenvalue weighted by atomic mass is 10.1. The molecule has 1 atom stereocenters. The van der Waals surface area contributed by atoms with Crippen molar-refractivity contribution in [2.24, 2.45) is 0 Å². The summed E-state index contributed by atoms with van der Waals surface area (Å²) in [7, 11) is 1.55. The summed E-state index contributed by atoms with van der Waals surface area (Å²) in [4.78, 5) is 33.3. The highest BCUT2D eigenvalue weighted by Crippen LogP contribution is 2.02. The fraction of sp³-hybridized carbons (Fsp3) is 0.786. The molecule has 0 spiro atoms. The minimum absolute atomic E-state index is 0.0619. The number of nitrogens with one attached hydrogen (secondary N) is 2. The molecule has 7 heteroatoms. The second-order valence-electron chi connectivity index (χ2n) is 4.89. The Morgan fingerprint density at radius 1 is 1.14 bits per heavy atom. The first-order chi connectivity index (χ1) is 9.97.